The number of hydrogen-bond acceptors (Lipinski definition) is 10. The third kappa shape index (κ3) is 19.5. The lowest BCUT2D eigenvalue weighted by Gasteiger charge is -2.46. The van der Waals surface area contributed by atoms with Gasteiger partial charge in [0.15, 0.2) is 6.29 Å². The average Bonchev–Trinajstić information content (AvgIpc) is 3.42. The highest BCUT2D eigenvalue weighted by Gasteiger charge is 2.50. The number of carbonyl (C=O) groups excluding carboxylic acids is 1. The summed E-state index contributed by atoms with van der Waals surface area (Å²) < 4.78 is 59.8. The molecule has 2 aliphatic heterocycles. The highest BCUT2D eigenvalue weighted by molar-refractivity contribution is 5.70. The van der Waals surface area contributed by atoms with Crippen molar-refractivity contribution < 1.29 is 47.4 Å². The van der Waals surface area contributed by atoms with Gasteiger partial charge in [0.2, 0.25) is 0 Å². The van der Waals surface area contributed by atoms with Crippen molar-refractivity contribution in [1.82, 2.24) is 0 Å². The number of methoxy groups -OCH3 is 1. The second kappa shape index (κ2) is 31.6. The van der Waals surface area contributed by atoms with Crippen LogP contribution in [-0.4, -0.2) is 68.7 Å². The number of fused-ring (bicyclic) bond motifs is 2. The molecule has 2 bridgehead atoms. The number of benzene rings is 5. The molecule has 2 heterocycles. The lowest BCUT2D eigenvalue weighted by Crippen LogP contribution is -2.62. The Kier molecular flexibility index (Phi) is 24.1. The molecule has 5 aromatic carbocycles. The molecule has 0 unspecified atom stereocenters. The van der Waals surface area contributed by atoms with E-state index in [9.17, 15) is 4.79 Å². The largest absolute Gasteiger partial charge is 0.497 e. The summed E-state index contributed by atoms with van der Waals surface area (Å²) in [5.41, 5.74) is 5.21. The van der Waals surface area contributed by atoms with Crippen LogP contribution < -0.4 is 4.74 Å². The van der Waals surface area contributed by atoms with Crippen molar-refractivity contribution in [2.45, 2.75) is 185 Å². The van der Waals surface area contributed by atoms with Crippen LogP contribution in [0.5, 0.6) is 5.75 Å². The number of carbonyl (C=O) groups is 1. The average molecular weight is 985 g/mol. The Labute approximate surface area is 430 Å². The highest BCUT2D eigenvalue weighted by Crippen LogP contribution is 2.34. The van der Waals surface area contributed by atoms with Crippen molar-refractivity contribution in [2.24, 2.45) is 0 Å². The molecule has 2 fully saturated rings. The Morgan fingerprint density at radius 3 is 1.54 bits per heavy atom. The Hall–Kier alpha value is -4.91. The Morgan fingerprint density at radius 2 is 0.986 bits per heavy atom. The number of esters is 1. The van der Waals surface area contributed by atoms with Gasteiger partial charge in [0.05, 0.1) is 64.9 Å². The van der Waals surface area contributed by atoms with Crippen molar-refractivity contribution in [3.05, 3.63) is 173 Å². The predicted molar refractivity (Wildman–Crippen MR) is 281 cm³/mol. The van der Waals surface area contributed by atoms with Gasteiger partial charge in [-0.3, -0.25) is 4.79 Å². The van der Waals surface area contributed by atoms with Crippen molar-refractivity contribution >= 4 is 5.97 Å². The topological polar surface area (TPSA) is 100 Å². The van der Waals surface area contributed by atoms with Crippen LogP contribution >= 0.6 is 0 Å². The molecule has 8 atom stereocenters. The summed E-state index contributed by atoms with van der Waals surface area (Å²) in [4.78, 5) is 14.1. The predicted octanol–water partition coefficient (Wildman–Crippen LogP) is 13.5. The van der Waals surface area contributed by atoms with Crippen LogP contribution in [0, 0.1) is 0 Å². The summed E-state index contributed by atoms with van der Waals surface area (Å²) in [6.07, 6.45) is 10.6. The molecule has 7 rings (SSSR count). The van der Waals surface area contributed by atoms with E-state index in [4.69, 9.17) is 42.6 Å². The number of cyclic esters (lactones) is 1. The smallest absolute Gasteiger partial charge is 0.308 e. The standard InChI is InChI=1S/C62H80O10/c1-48(65-42-49-26-14-10-15-27-49)25-24-36-55-34-22-8-6-4-3-5-7-9-23-35-56(66-43-53-37-39-54(64-2)40-38-53)41-58(63)67-47-57-59(68-44-50-28-16-11-17-29-50)60(69-45-51-30-18-12-19-31-51)61(62(71-55)72-57)70-46-52-32-20-13-21-33-52/h10-21,26-33,37-40,48,55-57,59-62H,3-9,22-25,34-36,41-47H2,1-2H3/t48-,55+,56-,57-,59-,60+,61-,62-/m1/s1. The zero-order valence-corrected chi connectivity index (χ0v) is 42.9. The number of ether oxygens (including phenoxy) is 9. The molecule has 2 aliphatic rings. The highest BCUT2D eigenvalue weighted by atomic mass is 16.7. The number of hydrogen-bond donors (Lipinski definition) is 0. The lowest BCUT2D eigenvalue weighted by atomic mass is 9.97. The second-order valence-corrected chi connectivity index (χ2v) is 19.6. The van der Waals surface area contributed by atoms with Gasteiger partial charge in [-0.1, -0.05) is 191 Å². The molecular weight excluding hydrogens is 905 g/mol. The SMILES string of the molecule is COc1ccc(CO[C@@H]2CCCCCCCCCCC[C@@H](CCC[C@@H](C)OCc3ccccc3)O[C@@H]3O[C@H](COC(=O)C2)[C@@H](OCc2ccccc2)[C@H](OCc2ccccc2)[C@H]3OCc2ccccc2)cc1. The fraction of sp³-hybridized carbons (Fsp3) is 0.500. The molecule has 5 aromatic rings. The molecule has 0 radical (unpaired) electrons. The molecule has 388 valence electrons. The molecule has 0 aromatic heterocycles. The summed E-state index contributed by atoms with van der Waals surface area (Å²) in [6, 6.07) is 48.6. The van der Waals surface area contributed by atoms with Gasteiger partial charge in [-0.2, -0.15) is 0 Å². The van der Waals surface area contributed by atoms with Crippen LogP contribution in [0.4, 0.5) is 0 Å². The maximum Gasteiger partial charge on any atom is 0.308 e. The molecule has 72 heavy (non-hydrogen) atoms. The second-order valence-electron chi connectivity index (χ2n) is 19.6. The van der Waals surface area contributed by atoms with Crippen molar-refractivity contribution in [1.29, 1.82) is 0 Å². The first-order chi connectivity index (χ1) is 35.5. The number of rotatable bonds is 20. The third-order valence-electron chi connectivity index (χ3n) is 13.8. The molecule has 0 spiro atoms. The quantitative estimate of drug-likeness (QED) is 0.0701. The lowest BCUT2D eigenvalue weighted by molar-refractivity contribution is -0.335. The van der Waals surface area contributed by atoms with E-state index in [-0.39, 0.29) is 43.9 Å². The summed E-state index contributed by atoms with van der Waals surface area (Å²) in [5.74, 6) is 0.436. The fourth-order valence-corrected chi connectivity index (χ4v) is 9.57. The fourth-order valence-electron chi connectivity index (χ4n) is 9.57. The minimum atomic E-state index is -0.860. The monoisotopic (exact) mass is 985 g/mol. The van der Waals surface area contributed by atoms with E-state index < -0.39 is 30.7 Å². The molecule has 0 aliphatic carbocycles. The van der Waals surface area contributed by atoms with Gasteiger partial charge < -0.3 is 42.6 Å². The van der Waals surface area contributed by atoms with E-state index in [1.54, 1.807) is 7.11 Å². The zero-order valence-electron chi connectivity index (χ0n) is 42.9. The molecule has 10 nitrogen and oxygen atoms in total. The van der Waals surface area contributed by atoms with E-state index in [2.05, 4.69) is 55.5 Å². The van der Waals surface area contributed by atoms with Gasteiger partial charge in [0.25, 0.3) is 0 Å². The van der Waals surface area contributed by atoms with Crippen molar-refractivity contribution in [3.63, 3.8) is 0 Å². The molecule has 0 amide bonds. The minimum absolute atomic E-state index is 0.0686. The summed E-state index contributed by atoms with van der Waals surface area (Å²) >= 11 is 0. The zero-order chi connectivity index (χ0) is 49.8. The van der Waals surface area contributed by atoms with Crippen LogP contribution in [0.2, 0.25) is 0 Å². The molecular formula is C62H80O10. The first-order valence-electron chi connectivity index (χ1n) is 26.8. The van der Waals surface area contributed by atoms with Crippen molar-refractivity contribution in [3.8, 4) is 5.75 Å². The Bertz CT molecular complexity index is 2180. The van der Waals surface area contributed by atoms with E-state index in [1.807, 2.05) is 97.1 Å². The van der Waals surface area contributed by atoms with Gasteiger partial charge in [-0.05, 0) is 79.0 Å². The molecule has 0 saturated carbocycles. The van der Waals surface area contributed by atoms with Crippen molar-refractivity contribution in [2.75, 3.05) is 13.7 Å². The van der Waals surface area contributed by atoms with E-state index in [0.717, 1.165) is 85.8 Å². The van der Waals surface area contributed by atoms with E-state index in [0.29, 0.717) is 26.4 Å². The Morgan fingerprint density at radius 1 is 0.514 bits per heavy atom. The third-order valence-corrected chi connectivity index (χ3v) is 13.8. The van der Waals surface area contributed by atoms with Crippen LogP contribution in [0.1, 0.15) is 131 Å². The first kappa shape index (κ1) is 54.9. The van der Waals surface area contributed by atoms with Gasteiger partial charge in [-0.15, -0.1) is 0 Å². The first-order valence-corrected chi connectivity index (χ1v) is 26.8. The maximum atomic E-state index is 14.1. The molecule has 0 N–H and O–H groups in total. The van der Waals surface area contributed by atoms with Gasteiger partial charge >= 0.3 is 5.97 Å². The van der Waals surface area contributed by atoms with E-state index in [1.165, 1.54) is 37.7 Å². The molecule has 10 heteroatoms. The normalized spacial score (nSPS) is 23.5. The van der Waals surface area contributed by atoms with Crippen LogP contribution in [0.25, 0.3) is 0 Å². The van der Waals surface area contributed by atoms with E-state index >= 15 is 0 Å². The van der Waals surface area contributed by atoms with Crippen LogP contribution in [0.3, 0.4) is 0 Å². The van der Waals surface area contributed by atoms with Crippen LogP contribution in [0.15, 0.2) is 146 Å². The minimum Gasteiger partial charge on any atom is -0.497 e. The summed E-state index contributed by atoms with van der Waals surface area (Å²) in [7, 11) is 1.66. The van der Waals surface area contributed by atoms with Gasteiger partial charge in [0.1, 0.15) is 36.8 Å². The maximum absolute atomic E-state index is 14.1. The van der Waals surface area contributed by atoms with Gasteiger partial charge in [0, 0.05) is 0 Å². The van der Waals surface area contributed by atoms with Crippen LogP contribution in [-0.2, 0) is 75.7 Å². The summed E-state index contributed by atoms with van der Waals surface area (Å²) in [5, 5.41) is 0. The summed E-state index contributed by atoms with van der Waals surface area (Å²) in [6.45, 7) is 3.95. The molecule has 2 saturated heterocycles. The van der Waals surface area contributed by atoms with Gasteiger partial charge in [-0.25, -0.2) is 0 Å². The Balaban J connectivity index is 1.16.